The molecule has 0 saturated carbocycles. The Kier molecular flexibility index (Phi) is 3.47. The summed E-state index contributed by atoms with van der Waals surface area (Å²) in [5.74, 6) is 0.762. The molecule has 0 unspecified atom stereocenters. The van der Waals surface area contributed by atoms with Gasteiger partial charge in [-0.2, -0.15) is 0 Å². The maximum atomic E-state index is 12.2. The molecule has 1 amide bonds. The molecule has 0 aliphatic rings. The zero-order valence-electron chi connectivity index (χ0n) is 11.4. The summed E-state index contributed by atoms with van der Waals surface area (Å²) >= 11 is 0. The van der Waals surface area contributed by atoms with Gasteiger partial charge in [-0.05, 0) is 18.6 Å². The Morgan fingerprint density at radius 3 is 2.62 bits per heavy atom. The number of aryl methyl sites for hydroxylation is 1. The van der Waals surface area contributed by atoms with Crippen LogP contribution in [0.3, 0.4) is 0 Å². The summed E-state index contributed by atoms with van der Waals surface area (Å²) in [6.45, 7) is 1.76. The summed E-state index contributed by atoms with van der Waals surface area (Å²) in [5.41, 5.74) is 2.37. The molecule has 0 fully saturated rings. The monoisotopic (exact) mass is 279 g/mol. The van der Waals surface area contributed by atoms with Crippen LogP contribution >= 0.6 is 0 Å². The molecule has 0 radical (unpaired) electrons. The highest BCUT2D eigenvalue weighted by Gasteiger charge is 2.10. The summed E-state index contributed by atoms with van der Waals surface area (Å²) in [7, 11) is 0. The molecule has 0 spiro atoms. The largest absolute Gasteiger partial charge is 0.360 e. The number of hydrogen-bond acceptors (Lipinski definition) is 4. The molecule has 0 aliphatic carbocycles. The zero-order chi connectivity index (χ0) is 14.7. The number of nitrogens with one attached hydrogen (secondary N) is 1. The van der Waals surface area contributed by atoms with Crippen molar-refractivity contribution in [2.45, 2.75) is 6.92 Å². The number of carbonyl (C=O) groups excluding carboxylic acids is 1. The third-order valence-corrected chi connectivity index (χ3v) is 2.98. The lowest BCUT2D eigenvalue weighted by atomic mass is 10.1. The van der Waals surface area contributed by atoms with Crippen LogP contribution in [0.15, 0.2) is 59.4 Å². The van der Waals surface area contributed by atoms with E-state index in [9.17, 15) is 4.79 Å². The Morgan fingerprint density at radius 2 is 1.90 bits per heavy atom. The van der Waals surface area contributed by atoms with Crippen LogP contribution in [0.2, 0.25) is 0 Å². The Hall–Kier alpha value is -2.95. The van der Waals surface area contributed by atoms with Gasteiger partial charge in [-0.15, -0.1) is 0 Å². The van der Waals surface area contributed by atoms with Crippen LogP contribution in [-0.4, -0.2) is 16.0 Å². The Morgan fingerprint density at radius 1 is 1.10 bits per heavy atom. The van der Waals surface area contributed by atoms with Crippen LogP contribution in [-0.2, 0) is 0 Å². The second-order valence-electron chi connectivity index (χ2n) is 4.61. The van der Waals surface area contributed by atoms with Crippen molar-refractivity contribution in [1.82, 2.24) is 10.1 Å². The average molecular weight is 279 g/mol. The van der Waals surface area contributed by atoms with Gasteiger partial charge in [-0.3, -0.25) is 9.78 Å². The minimum Gasteiger partial charge on any atom is -0.360 e. The highest BCUT2D eigenvalue weighted by atomic mass is 16.5. The number of hydrogen-bond donors (Lipinski definition) is 1. The zero-order valence-corrected chi connectivity index (χ0v) is 11.4. The molecule has 1 aromatic carbocycles. The smallest absolute Gasteiger partial charge is 0.258 e. The van der Waals surface area contributed by atoms with Gasteiger partial charge in [0.1, 0.15) is 5.76 Å². The lowest BCUT2D eigenvalue weighted by Crippen LogP contribution is -2.12. The van der Waals surface area contributed by atoms with Crippen LogP contribution in [0.25, 0.3) is 11.1 Å². The summed E-state index contributed by atoms with van der Waals surface area (Å²) in [6, 6.07) is 13.2. The highest BCUT2D eigenvalue weighted by molar-refractivity contribution is 6.04. The van der Waals surface area contributed by atoms with Crippen LogP contribution in [0.1, 0.15) is 16.1 Å². The van der Waals surface area contributed by atoms with Crippen LogP contribution in [0.4, 0.5) is 5.82 Å². The first kappa shape index (κ1) is 13.1. The standard InChI is InChI=1S/C16H13N3O2/c1-11-7-15(19-21-11)18-16(20)14-8-13(9-17-10-14)12-5-3-2-4-6-12/h2-10H,1H3,(H,18,19,20). The van der Waals surface area contributed by atoms with E-state index in [1.807, 2.05) is 30.3 Å². The predicted octanol–water partition coefficient (Wildman–Crippen LogP) is 3.30. The van der Waals surface area contributed by atoms with E-state index in [0.717, 1.165) is 11.1 Å². The van der Waals surface area contributed by atoms with E-state index in [1.54, 1.807) is 25.3 Å². The topological polar surface area (TPSA) is 68.0 Å². The minimum absolute atomic E-state index is 0.270. The van der Waals surface area contributed by atoms with Crippen molar-refractivity contribution in [3.8, 4) is 11.1 Å². The second-order valence-corrected chi connectivity index (χ2v) is 4.61. The van der Waals surface area contributed by atoms with Gasteiger partial charge in [0.05, 0.1) is 5.56 Å². The number of aromatic nitrogens is 2. The number of pyridine rings is 1. The summed E-state index contributed by atoms with van der Waals surface area (Å²) in [6.07, 6.45) is 3.25. The van der Waals surface area contributed by atoms with Crippen molar-refractivity contribution < 1.29 is 9.32 Å². The molecule has 3 aromatic rings. The summed E-state index contributed by atoms with van der Waals surface area (Å²) < 4.78 is 4.91. The first-order chi connectivity index (χ1) is 10.2. The van der Waals surface area contributed by atoms with Crippen molar-refractivity contribution in [2.24, 2.45) is 0 Å². The average Bonchev–Trinajstić information content (AvgIpc) is 2.93. The molecule has 0 saturated heterocycles. The van der Waals surface area contributed by atoms with Crippen molar-refractivity contribution in [1.29, 1.82) is 0 Å². The van der Waals surface area contributed by atoms with Crippen LogP contribution in [0.5, 0.6) is 0 Å². The lowest BCUT2D eigenvalue weighted by Gasteiger charge is -2.04. The van der Waals surface area contributed by atoms with E-state index in [-0.39, 0.29) is 5.91 Å². The molecule has 2 aromatic heterocycles. The van der Waals surface area contributed by atoms with Crippen LogP contribution < -0.4 is 5.32 Å². The van der Waals surface area contributed by atoms with Gasteiger partial charge in [0.2, 0.25) is 0 Å². The number of carbonyl (C=O) groups is 1. The fourth-order valence-electron chi connectivity index (χ4n) is 1.97. The second kappa shape index (κ2) is 5.58. The molecule has 5 nitrogen and oxygen atoms in total. The van der Waals surface area contributed by atoms with Gasteiger partial charge >= 0.3 is 0 Å². The molecule has 1 N–H and O–H groups in total. The lowest BCUT2D eigenvalue weighted by molar-refractivity contribution is 0.102. The fourth-order valence-corrected chi connectivity index (χ4v) is 1.97. The van der Waals surface area contributed by atoms with E-state index in [2.05, 4.69) is 15.5 Å². The summed E-state index contributed by atoms with van der Waals surface area (Å²) in [4.78, 5) is 16.3. The third-order valence-electron chi connectivity index (χ3n) is 2.98. The molecule has 2 heterocycles. The van der Waals surface area contributed by atoms with E-state index in [1.165, 1.54) is 6.20 Å². The minimum atomic E-state index is -0.270. The Labute approximate surface area is 121 Å². The number of anilines is 1. The number of benzene rings is 1. The molecule has 104 valence electrons. The molecule has 3 rings (SSSR count). The number of amides is 1. The maximum Gasteiger partial charge on any atom is 0.258 e. The van der Waals surface area contributed by atoms with Crippen molar-refractivity contribution >= 4 is 11.7 Å². The summed E-state index contributed by atoms with van der Waals surface area (Å²) in [5, 5.41) is 6.41. The van der Waals surface area contributed by atoms with Gasteiger partial charge in [0.25, 0.3) is 5.91 Å². The molecular formula is C16H13N3O2. The van der Waals surface area contributed by atoms with E-state index in [0.29, 0.717) is 17.1 Å². The van der Waals surface area contributed by atoms with Crippen molar-refractivity contribution in [3.05, 3.63) is 66.2 Å². The molecule has 0 bridgehead atoms. The molecule has 21 heavy (non-hydrogen) atoms. The molecule has 0 aliphatic heterocycles. The SMILES string of the molecule is Cc1cc(NC(=O)c2cncc(-c3ccccc3)c2)no1. The third kappa shape index (κ3) is 2.97. The number of nitrogens with zero attached hydrogens (tertiary/aromatic N) is 2. The maximum absolute atomic E-state index is 12.2. The Bertz CT molecular complexity index is 766. The first-order valence-electron chi connectivity index (χ1n) is 6.47. The van der Waals surface area contributed by atoms with Gasteiger partial charge in [0, 0.05) is 24.0 Å². The van der Waals surface area contributed by atoms with Crippen molar-refractivity contribution in [3.63, 3.8) is 0 Å². The van der Waals surface area contributed by atoms with Gasteiger partial charge in [0.15, 0.2) is 5.82 Å². The van der Waals surface area contributed by atoms with E-state index in [4.69, 9.17) is 4.52 Å². The van der Waals surface area contributed by atoms with Crippen molar-refractivity contribution in [2.75, 3.05) is 5.32 Å². The first-order valence-corrected chi connectivity index (χ1v) is 6.47. The molecule has 0 atom stereocenters. The molecular weight excluding hydrogens is 266 g/mol. The normalized spacial score (nSPS) is 10.3. The van der Waals surface area contributed by atoms with Gasteiger partial charge in [-0.1, -0.05) is 35.5 Å². The van der Waals surface area contributed by atoms with Gasteiger partial charge in [-0.25, -0.2) is 0 Å². The predicted molar refractivity (Wildman–Crippen MR) is 78.9 cm³/mol. The Balaban J connectivity index is 1.84. The quantitative estimate of drug-likeness (QED) is 0.798. The van der Waals surface area contributed by atoms with Gasteiger partial charge < -0.3 is 9.84 Å². The van der Waals surface area contributed by atoms with Crippen LogP contribution in [0, 0.1) is 6.92 Å². The highest BCUT2D eigenvalue weighted by Crippen LogP contribution is 2.19. The van der Waals surface area contributed by atoms with E-state index < -0.39 is 0 Å². The molecule has 5 heteroatoms. The number of rotatable bonds is 3. The van der Waals surface area contributed by atoms with E-state index >= 15 is 0 Å². The fraction of sp³-hybridized carbons (Fsp3) is 0.0625.